The summed E-state index contributed by atoms with van der Waals surface area (Å²) in [4.78, 5) is 14.1. The van der Waals surface area contributed by atoms with Gasteiger partial charge in [-0.25, -0.2) is 9.18 Å². The van der Waals surface area contributed by atoms with Crippen LogP contribution in [0.1, 0.15) is 35.4 Å². The lowest BCUT2D eigenvalue weighted by atomic mass is 10.00. The predicted octanol–water partition coefficient (Wildman–Crippen LogP) is 2.10. The molecule has 0 aliphatic rings. The number of aliphatic hydroxyl groups excluding tert-OH is 2. The number of azide groups is 1. The molecule has 2 unspecified atom stereocenters. The van der Waals surface area contributed by atoms with Gasteiger partial charge in [0.25, 0.3) is 0 Å². The molecule has 0 saturated carbocycles. The monoisotopic (exact) mass is 297 g/mol. The van der Waals surface area contributed by atoms with E-state index in [1.54, 1.807) is 6.92 Å². The predicted molar refractivity (Wildman–Crippen MR) is 72.0 cm³/mol. The van der Waals surface area contributed by atoms with E-state index >= 15 is 0 Å². The van der Waals surface area contributed by atoms with Crippen molar-refractivity contribution >= 4 is 5.97 Å². The maximum Gasteiger partial charge on any atom is 0.341 e. The molecule has 8 heteroatoms. The number of rotatable bonds is 7. The highest BCUT2D eigenvalue weighted by Gasteiger charge is 2.21. The molecule has 0 bridgehead atoms. The van der Waals surface area contributed by atoms with Crippen molar-refractivity contribution in [2.24, 2.45) is 5.11 Å². The Kier molecular flexibility index (Phi) is 6.61. The lowest BCUT2D eigenvalue weighted by molar-refractivity contribution is 0.0148. The maximum atomic E-state index is 13.6. The first-order valence-corrected chi connectivity index (χ1v) is 6.34. The molecule has 0 saturated heterocycles. The Balaban J connectivity index is 2.89. The number of carbonyl (C=O) groups is 1. The van der Waals surface area contributed by atoms with Crippen LogP contribution < -0.4 is 0 Å². The minimum Gasteiger partial charge on any atom is -0.462 e. The molecule has 0 spiro atoms. The van der Waals surface area contributed by atoms with E-state index in [9.17, 15) is 19.4 Å². The lowest BCUT2D eigenvalue weighted by Crippen LogP contribution is -2.20. The van der Waals surface area contributed by atoms with Gasteiger partial charge in [0.15, 0.2) is 0 Å². The van der Waals surface area contributed by atoms with E-state index in [1.165, 1.54) is 6.07 Å². The number of aliphatic hydroxyl groups is 2. The SMILES string of the molecule is CCOC(=O)c1cc(C(O)C(O)CCN=[N+]=[N-])ccc1F. The lowest BCUT2D eigenvalue weighted by Gasteiger charge is -2.18. The Morgan fingerprint density at radius 2 is 2.24 bits per heavy atom. The van der Waals surface area contributed by atoms with E-state index in [0.717, 1.165) is 12.1 Å². The van der Waals surface area contributed by atoms with Crippen LogP contribution in [0.2, 0.25) is 0 Å². The van der Waals surface area contributed by atoms with Gasteiger partial charge in [-0.3, -0.25) is 0 Å². The van der Waals surface area contributed by atoms with Crippen LogP contribution in [0.5, 0.6) is 0 Å². The molecule has 0 heterocycles. The summed E-state index contributed by atoms with van der Waals surface area (Å²) in [7, 11) is 0. The zero-order valence-electron chi connectivity index (χ0n) is 11.4. The first-order chi connectivity index (χ1) is 10.0. The van der Waals surface area contributed by atoms with E-state index in [1.807, 2.05) is 0 Å². The molecule has 1 aromatic rings. The fraction of sp³-hybridized carbons (Fsp3) is 0.462. The number of esters is 1. The summed E-state index contributed by atoms with van der Waals surface area (Å²) in [5.41, 5.74) is 8.00. The Morgan fingerprint density at radius 3 is 2.86 bits per heavy atom. The number of ether oxygens (including phenoxy) is 1. The molecule has 0 aromatic heterocycles. The summed E-state index contributed by atoms with van der Waals surface area (Å²) < 4.78 is 18.3. The molecule has 21 heavy (non-hydrogen) atoms. The summed E-state index contributed by atoms with van der Waals surface area (Å²) in [6.07, 6.45) is -2.49. The molecule has 0 fully saturated rings. The second kappa shape index (κ2) is 8.21. The topological polar surface area (TPSA) is 116 Å². The minimum atomic E-state index is -1.33. The van der Waals surface area contributed by atoms with Crippen molar-refractivity contribution in [3.05, 3.63) is 45.6 Å². The fourth-order valence-corrected chi connectivity index (χ4v) is 1.71. The van der Waals surface area contributed by atoms with Crippen LogP contribution in [0.4, 0.5) is 4.39 Å². The van der Waals surface area contributed by atoms with Crippen LogP contribution in [0.3, 0.4) is 0 Å². The normalized spacial score (nSPS) is 13.1. The second-order valence-electron chi connectivity index (χ2n) is 4.22. The molecule has 0 amide bonds. The third-order valence-corrected chi connectivity index (χ3v) is 2.78. The van der Waals surface area contributed by atoms with Gasteiger partial charge in [0.05, 0.1) is 18.3 Å². The highest BCUT2D eigenvalue weighted by atomic mass is 19.1. The Bertz CT molecular complexity index is 546. The van der Waals surface area contributed by atoms with Crippen molar-refractivity contribution in [2.75, 3.05) is 13.2 Å². The van der Waals surface area contributed by atoms with E-state index in [2.05, 4.69) is 10.0 Å². The average Bonchev–Trinajstić information content (AvgIpc) is 2.47. The van der Waals surface area contributed by atoms with Gasteiger partial charge in [-0.2, -0.15) is 0 Å². The zero-order chi connectivity index (χ0) is 15.8. The molecule has 2 N–H and O–H groups in total. The third-order valence-electron chi connectivity index (χ3n) is 2.78. The van der Waals surface area contributed by atoms with Crippen molar-refractivity contribution in [1.82, 2.24) is 0 Å². The number of benzene rings is 1. The van der Waals surface area contributed by atoms with Crippen LogP contribution >= 0.6 is 0 Å². The quantitative estimate of drug-likeness (QED) is 0.347. The summed E-state index contributed by atoms with van der Waals surface area (Å²) in [5, 5.41) is 23.0. The molecule has 0 aliphatic heterocycles. The number of nitrogens with zero attached hydrogens (tertiary/aromatic N) is 3. The van der Waals surface area contributed by atoms with Crippen molar-refractivity contribution < 1.29 is 24.1 Å². The Hall–Kier alpha value is -2.15. The number of hydrogen-bond donors (Lipinski definition) is 2. The average molecular weight is 297 g/mol. The molecular weight excluding hydrogens is 281 g/mol. The third kappa shape index (κ3) is 4.71. The number of halogens is 1. The largest absolute Gasteiger partial charge is 0.462 e. The van der Waals surface area contributed by atoms with Crippen molar-refractivity contribution in [1.29, 1.82) is 0 Å². The summed E-state index contributed by atoms with van der Waals surface area (Å²) in [6.45, 7) is 1.70. The molecule has 1 rings (SSSR count). The van der Waals surface area contributed by atoms with Gasteiger partial charge in [-0.1, -0.05) is 11.2 Å². The van der Waals surface area contributed by atoms with Gasteiger partial charge in [-0.15, -0.1) is 0 Å². The smallest absolute Gasteiger partial charge is 0.341 e. The van der Waals surface area contributed by atoms with Gasteiger partial charge in [0, 0.05) is 11.5 Å². The van der Waals surface area contributed by atoms with Gasteiger partial charge in [-0.05, 0) is 36.6 Å². The maximum absolute atomic E-state index is 13.6. The van der Waals surface area contributed by atoms with Crippen LogP contribution in [-0.2, 0) is 4.74 Å². The molecule has 1 aromatic carbocycles. The molecule has 0 aliphatic carbocycles. The Morgan fingerprint density at radius 1 is 1.52 bits per heavy atom. The van der Waals surface area contributed by atoms with Gasteiger partial charge in [0.1, 0.15) is 11.9 Å². The van der Waals surface area contributed by atoms with Crippen molar-refractivity contribution in [3.63, 3.8) is 0 Å². The van der Waals surface area contributed by atoms with E-state index in [4.69, 9.17) is 10.3 Å². The number of hydrogen-bond acceptors (Lipinski definition) is 5. The van der Waals surface area contributed by atoms with Crippen LogP contribution in [0, 0.1) is 5.82 Å². The van der Waals surface area contributed by atoms with Crippen LogP contribution in [-0.4, -0.2) is 35.4 Å². The molecule has 0 radical (unpaired) electrons. The van der Waals surface area contributed by atoms with Gasteiger partial charge in [0.2, 0.25) is 0 Å². The molecule has 2 atom stereocenters. The van der Waals surface area contributed by atoms with Crippen molar-refractivity contribution in [2.45, 2.75) is 25.6 Å². The molecule has 114 valence electrons. The summed E-state index contributed by atoms with van der Waals surface area (Å²) in [6, 6.07) is 3.42. The van der Waals surface area contributed by atoms with Gasteiger partial charge >= 0.3 is 5.97 Å². The first-order valence-electron chi connectivity index (χ1n) is 6.34. The zero-order valence-corrected chi connectivity index (χ0v) is 11.4. The van der Waals surface area contributed by atoms with E-state index in [0.29, 0.717) is 0 Å². The van der Waals surface area contributed by atoms with E-state index in [-0.39, 0.29) is 30.7 Å². The minimum absolute atomic E-state index is 0.0145. The summed E-state index contributed by atoms with van der Waals surface area (Å²) in [5.74, 6) is -1.61. The Labute approximate surface area is 120 Å². The fourth-order valence-electron chi connectivity index (χ4n) is 1.71. The highest BCUT2D eigenvalue weighted by Crippen LogP contribution is 2.22. The summed E-state index contributed by atoms with van der Waals surface area (Å²) >= 11 is 0. The van der Waals surface area contributed by atoms with Gasteiger partial charge < -0.3 is 14.9 Å². The number of carbonyl (C=O) groups excluding carboxylic acids is 1. The molecular formula is C13H16FN3O4. The van der Waals surface area contributed by atoms with Crippen molar-refractivity contribution in [3.8, 4) is 0 Å². The van der Waals surface area contributed by atoms with E-state index < -0.39 is 24.0 Å². The standard InChI is InChI=1S/C13H16FN3O4/c1-2-21-13(20)9-7-8(3-4-10(9)14)12(19)11(18)5-6-16-17-15/h3-4,7,11-12,18-19H,2,5-6H2,1H3. The second-order valence-corrected chi connectivity index (χ2v) is 4.22. The highest BCUT2D eigenvalue weighted by molar-refractivity contribution is 5.89. The molecule has 7 nitrogen and oxygen atoms in total. The van der Waals surface area contributed by atoms with Crippen LogP contribution in [0.25, 0.3) is 10.4 Å². The van der Waals surface area contributed by atoms with Crippen LogP contribution in [0.15, 0.2) is 23.3 Å². The first kappa shape index (κ1) is 16.9.